The Kier molecular flexibility index (Phi) is 4.95. The van der Waals surface area contributed by atoms with Gasteiger partial charge in [0, 0.05) is 18.0 Å². The molecule has 0 fully saturated rings. The minimum Gasteiger partial charge on any atom is -0.491 e. The minimum atomic E-state index is 0.0616. The molecule has 0 saturated heterocycles. The van der Waals surface area contributed by atoms with Crippen LogP contribution in [0.5, 0.6) is 5.75 Å². The van der Waals surface area contributed by atoms with Crippen molar-refractivity contribution in [2.75, 3.05) is 0 Å². The summed E-state index contributed by atoms with van der Waals surface area (Å²) in [6, 6.07) is 11.2. The predicted molar refractivity (Wildman–Crippen MR) is 82.7 cm³/mol. The molecule has 0 amide bonds. The van der Waals surface area contributed by atoms with E-state index in [9.17, 15) is 0 Å². The van der Waals surface area contributed by atoms with E-state index in [1.165, 1.54) is 0 Å². The minimum absolute atomic E-state index is 0.0616. The van der Waals surface area contributed by atoms with Gasteiger partial charge in [-0.05, 0) is 43.7 Å². The Morgan fingerprint density at radius 3 is 2.73 bits per heavy atom. The number of aromatic nitrogens is 2. The third-order valence-electron chi connectivity index (χ3n) is 2.89. The molecule has 0 aliphatic carbocycles. The van der Waals surface area contributed by atoms with Crippen molar-refractivity contribution < 1.29 is 4.74 Å². The molecular formula is C17H16N4O. The molecule has 22 heavy (non-hydrogen) atoms. The first-order valence-corrected chi connectivity index (χ1v) is 6.91. The Bertz CT molecular complexity index is 730. The summed E-state index contributed by atoms with van der Waals surface area (Å²) >= 11 is 0. The van der Waals surface area contributed by atoms with Crippen LogP contribution in [0.2, 0.25) is 0 Å². The first kappa shape index (κ1) is 15.3. The Labute approximate surface area is 129 Å². The number of ether oxygens (including phenoxy) is 1. The topological polar surface area (TPSA) is 74.6 Å². The molecule has 5 heteroatoms. The summed E-state index contributed by atoms with van der Waals surface area (Å²) in [4.78, 5) is 0. The second-order valence-electron chi connectivity index (χ2n) is 5.02. The molecule has 0 radical (unpaired) electrons. The standard InChI is InChI=1S/C17H16N4O/c1-13(2)22-17-5-4-14(8-15(10-18)11-19)9-16(17)12-21-7-3-6-20-21/h3-9,13H,12H2,1-2H3. The van der Waals surface area contributed by atoms with Gasteiger partial charge in [-0.2, -0.15) is 15.6 Å². The lowest BCUT2D eigenvalue weighted by Crippen LogP contribution is -2.09. The van der Waals surface area contributed by atoms with Crippen molar-refractivity contribution in [3.05, 3.63) is 53.4 Å². The summed E-state index contributed by atoms with van der Waals surface area (Å²) in [5.74, 6) is 0.776. The van der Waals surface area contributed by atoms with Crippen LogP contribution in [0.25, 0.3) is 6.08 Å². The summed E-state index contributed by atoms with van der Waals surface area (Å²) in [6.07, 6.45) is 5.21. The quantitative estimate of drug-likeness (QED) is 0.793. The summed E-state index contributed by atoms with van der Waals surface area (Å²) in [6.45, 7) is 4.50. The van der Waals surface area contributed by atoms with E-state index >= 15 is 0 Å². The monoisotopic (exact) mass is 292 g/mol. The van der Waals surface area contributed by atoms with Crippen LogP contribution in [0, 0.1) is 22.7 Å². The maximum absolute atomic E-state index is 8.86. The van der Waals surface area contributed by atoms with E-state index in [2.05, 4.69) is 5.10 Å². The van der Waals surface area contributed by atoms with Gasteiger partial charge in [0.05, 0.1) is 12.6 Å². The Morgan fingerprint density at radius 1 is 1.36 bits per heavy atom. The molecule has 1 aromatic heterocycles. The number of hydrogen-bond acceptors (Lipinski definition) is 4. The van der Waals surface area contributed by atoms with Crippen molar-refractivity contribution in [1.82, 2.24) is 9.78 Å². The third-order valence-corrected chi connectivity index (χ3v) is 2.89. The molecule has 0 atom stereocenters. The number of benzene rings is 1. The maximum Gasteiger partial charge on any atom is 0.130 e. The zero-order chi connectivity index (χ0) is 15.9. The largest absolute Gasteiger partial charge is 0.491 e. The average molecular weight is 292 g/mol. The lowest BCUT2D eigenvalue weighted by Gasteiger charge is -2.15. The van der Waals surface area contributed by atoms with E-state index in [-0.39, 0.29) is 11.7 Å². The van der Waals surface area contributed by atoms with Crippen molar-refractivity contribution >= 4 is 6.08 Å². The van der Waals surface area contributed by atoms with Crippen LogP contribution in [0.4, 0.5) is 0 Å². The summed E-state index contributed by atoms with van der Waals surface area (Å²) in [5.41, 5.74) is 1.81. The predicted octanol–water partition coefficient (Wildman–Crippen LogP) is 3.15. The molecule has 0 unspecified atom stereocenters. The highest BCUT2D eigenvalue weighted by atomic mass is 16.5. The lowest BCUT2D eigenvalue weighted by atomic mass is 10.1. The molecule has 1 aromatic carbocycles. The van der Waals surface area contributed by atoms with E-state index in [0.29, 0.717) is 6.54 Å². The number of nitrogens with zero attached hydrogens (tertiary/aromatic N) is 4. The van der Waals surface area contributed by atoms with Crippen molar-refractivity contribution in [3.8, 4) is 17.9 Å². The molecule has 5 nitrogen and oxygen atoms in total. The van der Waals surface area contributed by atoms with Gasteiger partial charge in [-0.1, -0.05) is 6.07 Å². The lowest BCUT2D eigenvalue weighted by molar-refractivity contribution is 0.239. The fourth-order valence-corrected chi connectivity index (χ4v) is 2.01. The number of allylic oxidation sites excluding steroid dienone is 1. The molecule has 0 N–H and O–H groups in total. The summed E-state index contributed by atoms with van der Waals surface area (Å²) in [5, 5.41) is 21.9. The second kappa shape index (κ2) is 7.10. The van der Waals surface area contributed by atoms with Crippen molar-refractivity contribution in [1.29, 1.82) is 10.5 Å². The highest BCUT2D eigenvalue weighted by molar-refractivity contribution is 5.63. The molecule has 0 bridgehead atoms. The summed E-state index contributed by atoms with van der Waals surface area (Å²) in [7, 11) is 0. The van der Waals surface area contributed by atoms with E-state index in [1.807, 2.05) is 56.4 Å². The number of rotatable bonds is 5. The van der Waals surface area contributed by atoms with Crippen LogP contribution in [-0.4, -0.2) is 15.9 Å². The van der Waals surface area contributed by atoms with E-state index < -0.39 is 0 Å². The smallest absolute Gasteiger partial charge is 0.130 e. The van der Waals surface area contributed by atoms with E-state index in [1.54, 1.807) is 17.0 Å². The van der Waals surface area contributed by atoms with Crippen LogP contribution < -0.4 is 4.74 Å². The molecule has 1 heterocycles. The van der Waals surface area contributed by atoms with Crippen LogP contribution in [0.15, 0.2) is 42.2 Å². The second-order valence-corrected chi connectivity index (χ2v) is 5.02. The average Bonchev–Trinajstić information content (AvgIpc) is 2.99. The summed E-state index contributed by atoms with van der Waals surface area (Å²) < 4.78 is 7.61. The van der Waals surface area contributed by atoms with Crippen LogP contribution >= 0.6 is 0 Å². The molecule has 0 aliphatic heterocycles. The molecular weight excluding hydrogens is 276 g/mol. The Hall–Kier alpha value is -3.05. The van der Waals surface area contributed by atoms with Crippen LogP contribution in [0.1, 0.15) is 25.0 Å². The van der Waals surface area contributed by atoms with Gasteiger partial charge in [-0.15, -0.1) is 0 Å². The van der Waals surface area contributed by atoms with Gasteiger partial charge in [0.25, 0.3) is 0 Å². The SMILES string of the molecule is CC(C)Oc1ccc(C=C(C#N)C#N)cc1Cn1cccn1. The van der Waals surface area contributed by atoms with E-state index in [0.717, 1.165) is 16.9 Å². The number of nitriles is 2. The zero-order valence-corrected chi connectivity index (χ0v) is 12.5. The van der Waals surface area contributed by atoms with Gasteiger partial charge in [-0.25, -0.2) is 0 Å². The third kappa shape index (κ3) is 3.97. The zero-order valence-electron chi connectivity index (χ0n) is 12.5. The molecule has 2 aromatic rings. The molecule has 0 saturated carbocycles. The van der Waals surface area contributed by atoms with Crippen molar-refractivity contribution in [3.63, 3.8) is 0 Å². The Morgan fingerprint density at radius 2 is 2.14 bits per heavy atom. The van der Waals surface area contributed by atoms with Gasteiger partial charge >= 0.3 is 0 Å². The number of hydrogen-bond donors (Lipinski definition) is 0. The molecule has 110 valence electrons. The highest BCUT2D eigenvalue weighted by Crippen LogP contribution is 2.23. The first-order chi connectivity index (χ1) is 10.6. The fourth-order valence-electron chi connectivity index (χ4n) is 2.01. The van der Waals surface area contributed by atoms with Gasteiger partial charge < -0.3 is 4.74 Å². The van der Waals surface area contributed by atoms with Crippen LogP contribution in [-0.2, 0) is 6.54 Å². The highest BCUT2D eigenvalue weighted by Gasteiger charge is 2.08. The van der Waals surface area contributed by atoms with Crippen molar-refractivity contribution in [2.45, 2.75) is 26.5 Å². The van der Waals surface area contributed by atoms with Crippen molar-refractivity contribution in [2.24, 2.45) is 0 Å². The van der Waals surface area contributed by atoms with Gasteiger partial charge in [0.1, 0.15) is 23.5 Å². The van der Waals surface area contributed by atoms with Gasteiger partial charge in [0.2, 0.25) is 0 Å². The molecule has 2 rings (SSSR count). The van der Waals surface area contributed by atoms with E-state index in [4.69, 9.17) is 15.3 Å². The molecule has 0 spiro atoms. The first-order valence-electron chi connectivity index (χ1n) is 6.91. The maximum atomic E-state index is 8.86. The molecule has 0 aliphatic rings. The van der Waals surface area contributed by atoms with Gasteiger partial charge in [0.15, 0.2) is 0 Å². The Balaban J connectivity index is 2.39. The van der Waals surface area contributed by atoms with Crippen LogP contribution in [0.3, 0.4) is 0 Å². The van der Waals surface area contributed by atoms with Gasteiger partial charge in [-0.3, -0.25) is 4.68 Å². The fraction of sp³-hybridized carbons (Fsp3) is 0.235. The normalized spacial score (nSPS) is 9.86.